The molecule has 0 amide bonds. The smallest absolute Gasteiger partial charge is 0.111 e. The van der Waals surface area contributed by atoms with Gasteiger partial charge in [0.1, 0.15) is 24.4 Å². The molecular formula is C24H46O5. The molecule has 0 aromatic rings. The van der Waals surface area contributed by atoms with E-state index >= 15 is 0 Å². The van der Waals surface area contributed by atoms with Crippen LogP contribution in [-0.2, 0) is 9.47 Å². The summed E-state index contributed by atoms with van der Waals surface area (Å²) in [4.78, 5) is 0. The summed E-state index contributed by atoms with van der Waals surface area (Å²) >= 11 is 0. The SMILES string of the molecule is CCCCCCC/C=C/CCCCCCCCCO[C@@H]1CO[C@@H](CO)[C@H](O)[C@H]1O. The fourth-order valence-electron chi connectivity index (χ4n) is 3.75. The molecule has 29 heavy (non-hydrogen) atoms. The number of hydrogen-bond donors (Lipinski definition) is 3. The number of aliphatic hydroxyl groups is 3. The fourth-order valence-corrected chi connectivity index (χ4v) is 3.75. The number of hydrogen-bond acceptors (Lipinski definition) is 5. The second-order valence-corrected chi connectivity index (χ2v) is 8.38. The predicted molar refractivity (Wildman–Crippen MR) is 118 cm³/mol. The van der Waals surface area contributed by atoms with Gasteiger partial charge in [-0.3, -0.25) is 0 Å². The van der Waals surface area contributed by atoms with Crippen molar-refractivity contribution in [2.24, 2.45) is 0 Å². The fraction of sp³-hybridized carbons (Fsp3) is 0.917. The molecule has 0 unspecified atom stereocenters. The van der Waals surface area contributed by atoms with Gasteiger partial charge in [0.25, 0.3) is 0 Å². The first-order valence-electron chi connectivity index (χ1n) is 12.1. The minimum atomic E-state index is -1.08. The Labute approximate surface area is 178 Å². The average Bonchev–Trinajstić information content (AvgIpc) is 2.73. The van der Waals surface area contributed by atoms with Gasteiger partial charge in [-0.05, 0) is 32.1 Å². The minimum Gasteiger partial charge on any atom is -0.394 e. The van der Waals surface area contributed by atoms with Crippen LogP contribution in [0.3, 0.4) is 0 Å². The number of ether oxygens (including phenoxy) is 2. The van der Waals surface area contributed by atoms with Crippen LogP contribution in [0.15, 0.2) is 12.2 Å². The van der Waals surface area contributed by atoms with Crippen LogP contribution >= 0.6 is 0 Å². The summed E-state index contributed by atoms with van der Waals surface area (Å²) in [5, 5.41) is 28.9. The van der Waals surface area contributed by atoms with Gasteiger partial charge < -0.3 is 24.8 Å². The molecule has 172 valence electrons. The molecule has 0 aromatic carbocycles. The number of aliphatic hydroxyl groups excluding tert-OH is 3. The first-order chi connectivity index (χ1) is 14.2. The quantitative estimate of drug-likeness (QED) is 0.227. The normalized spacial score (nSPS) is 25.1. The zero-order chi connectivity index (χ0) is 21.2. The topological polar surface area (TPSA) is 79.2 Å². The highest BCUT2D eigenvalue weighted by Gasteiger charge is 2.38. The van der Waals surface area contributed by atoms with E-state index in [9.17, 15) is 10.2 Å². The van der Waals surface area contributed by atoms with E-state index in [0.717, 1.165) is 12.8 Å². The van der Waals surface area contributed by atoms with E-state index < -0.39 is 24.4 Å². The van der Waals surface area contributed by atoms with E-state index in [1.165, 1.54) is 77.0 Å². The molecule has 1 heterocycles. The molecule has 1 saturated heterocycles. The van der Waals surface area contributed by atoms with Gasteiger partial charge in [-0.15, -0.1) is 0 Å². The highest BCUT2D eigenvalue weighted by molar-refractivity contribution is 4.87. The Morgan fingerprint density at radius 2 is 1.34 bits per heavy atom. The minimum absolute atomic E-state index is 0.219. The second kappa shape index (κ2) is 18.3. The van der Waals surface area contributed by atoms with Crippen LogP contribution in [0.25, 0.3) is 0 Å². The highest BCUT2D eigenvalue weighted by Crippen LogP contribution is 2.18. The van der Waals surface area contributed by atoms with Gasteiger partial charge in [0.15, 0.2) is 0 Å². The molecule has 5 heteroatoms. The molecule has 0 saturated carbocycles. The van der Waals surface area contributed by atoms with E-state index in [0.29, 0.717) is 6.61 Å². The Bertz CT molecular complexity index is 387. The zero-order valence-corrected chi connectivity index (χ0v) is 18.6. The Morgan fingerprint density at radius 3 is 1.93 bits per heavy atom. The summed E-state index contributed by atoms with van der Waals surface area (Å²) < 4.78 is 11.0. The van der Waals surface area contributed by atoms with Gasteiger partial charge in [0, 0.05) is 6.61 Å². The average molecular weight is 415 g/mol. The van der Waals surface area contributed by atoms with Gasteiger partial charge in [-0.2, -0.15) is 0 Å². The lowest BCUT2D eigenvalue weighted by Crippen LogP contribution is -2.55. The van der Waals surface area contributed by atoms with Crippen molar-refractivity contribution >= 4 is 0 Å². The van der Waals surface area contributed by atoms with Crippen LogP contribution in [0, 0.1) is 0 Å². The van der Waals surface area contributed by atoms with E-state index in [1.807, 2.05) is 0 Å². The zero-order valence-electron chi connectivity index (χ0n) is 18.6. The van der Waals surface area contributed by atoms with Crippen molar-refractivity contribution in [1.29, 1.82) is 0 Å². The molecule has 0 bridgehead atoms. The Morgan fingerprint density at radius 1 is 0.793 bits per heavy atom. The van der Waals surface area contributed by atoms with E-state index in [2.05, 4.69) is 19.1 Å². The van der Waals surface area contributed by atoms with Crippen molar-refractivity contribution in [3.63, 3.8) is 0 Å². The van der Waals surface area contributed by atoms with Crippen LogP contribution < -0.4 is 0 Å². The molecule has 1 fully saturated rings. The molecule has 0 aliphatic carbocycles. The van der Waals surface area contributed by atoms with Crippen LogP contribution in [0.5, 0.6) is 0 Å². The van der Waals surface area contributed by atoms with Crippen LogP contribution in [0.2, 0.25) is 0 Å². The largest absolute Gasteiger partial charge is 0.394 e. The lowest BCUT2D eigenvalue weighted by molar-refractivity contribution is -0.208. The molecule has 3 N–H and O–H groups in total. The van der Waals surface area contributed by atoms with Gasteiger partial charge in [-0.25, -0.2) is 0 Å². The van der Waals surface area contributed by atoms with Crippen molar-refractivity contribution in [3.8, 4) is 0 Å². The summed E-state index contributed by atoms with van der Waals surface area (Å²) in [6.07, 6.45) is 19.2. The summed E-state index contributed by atoms with van der Waals surface area (Å²) in [6.45, 7) is 2.76. The first-order valence-corrected chi connectivity index (χ1v) is 12.1. The summed E-state index contributed by atoms with van der Waals surface area (Å²) in [5.74, 6) is 0. The highest BCUT2D eigenvalue weighted by atomic mass is 16.6. The molecular weight excluding hydrogens is 368 g/mol. The maximum Gasteiger partial charge on any atom is 0.111 e. The first kappa shape index (κ1) is 26.6. The predicted octanol–water partition coefficient (Wildman–Crippen LogP) is 4.52. The van der Waals surface area contributed by atoms with E-state index in [1.54, 1.807) is 0 Å². The number of rotatable bonds is 18. The molecule has 1 aliphatic rings. The van der Waals surface area contributed by atoms with Crippen molar-refractivity contribution < 1.29 is 24.8 Å². The molecule has 1 rings (SSSR count). The molecule has 1 aliphatic heterocycles. The van der Waals surface area contributed by atoms with Gasteiger partial charge in [0.2, 0.25) is 0 Å². The molecule has 0 radical (unpaired) electrons. The maximum absolute atomic E-state index is 10.0. The van der Waals surface area contributed by atoms with Crippen molar-refractivity contribution in [1.82, 2.24) is 0 Å². The van der Waals surface area contributed by atoms with Gasteiger partial charge in [-0.1, -0.05) is 76.9 Å². The van der Waals surface area contributed by atoms with Gasteiger partial charge in [0.05, 0.1) is 13.2 Å². The van der Waals surface area contributed by atoms with Crippen molar-refractivity contribution in [2.75, 3.05) is 19.8 Å². The third kappa shape index (κ3) is 12.7. The van der Waals surface area contributed by atoms with E-state index in [-0.39, 0.29) is 13.2 Å². The third-order valence-corrected chi connectivity index (χ3v) is 5.75. The summed E-state index contributed by atoms with van der Waals surface area (Å²) in [6, 6.07) is 0. The van der Waals surface area contributed by atoms with Crippen molar-refractivity contribution in [2.45, 2.75) is 121 Å². The standard InChI is InChI=1S/C24H46O5/c1-2-3-4-5-6-7-8-9-10-11-12-13-14-15-16-17-18-28-22-20-29-21(19-25)23(26)24(22)27/h8-9,21-27H,2-7,10-20H2,1H3/b9-8+/t21-,22+,23-,24-/m0/s1. The maximum atomic E-state index is 10.0. The monoisotopic (exact) mass is 414 g/mol. The van der Waals surface area contributed by atoms with Crippen LogP contribution in [0.4, 0.5) is 0 Å². The summed E-state index contributed by atoms with van der Waals surface area (Å²) in [5.41, 5.74) is 0. The Balaban J connectivity index is 1.83. The third-order valence-electron chi connectivity index (χ3n) is 5.75. The molecule has 0 aromatic heterocycles. The molecule has 0 spiro atoms. The summed E-state index contributed by atoms with van der Waals surface area (Å²) in [7, 11) is 0. The lowest BCUT2D eigenvalue weighted by Gasteiger charge is -2.36. The number of allylic oxidation sites excluding steroid dienone is 2. The second-order valence-electron chi connectivity index (χ2n) is 8.38. The Hall–Kier alpha value is -0.460. The van der Waals surface area contributed by atoms with Crippen LogP contribution in [0.1, 0.15) is 96.8 Å². The number of unbranched alkanes of at least 4 members (excludes halogenated alkanes) is 12. The molecule has 5 nitrogen and oxygen atoms in total. The lowest BCUT2D eigenvalue weighted by atomic mass is 10.0. The van der Waals surface area contributed by atoms with Crippen LogP contribution in [-0.4, -0.2) is 59.6 Å². The Kier molecular flexibility index (Phi) is 16.8. The van der Waals surface area contributed by atoms with Crippen molar-refractivity contribution in [3.05, 3.63) is 12.2 Å². The van der Waals surface area contributed by atoms with Gasteiger partial charge >= 0.3 is 0 Å². The van der Waals surface area contributed by atoms with E-state index in [4.69, 9.17) is 14.6 Å². The molecule has 4 atom stereocenters.